The Morgan fingerprint density at radius 2 is 2.12 bits per heavy atom. The van der Waals surface area contributed by atoms with Crippen molar-refractivity contribution in [1.29, 1.82) is 0 Å². The second-order valence-corrected chi connectivity index (χ2v) is 5.05. The maximum atomic E-state index is 11.4. The molecular formula is C12H20N2O2. The molecule has 2 rings (SSSR count). The van der Waals surface area contributed by atoms with Crippen molar-refractivity contribution in [2.45, 2.75) is 51.6 Å². The highest BCUT2D eigenvalue weighted by Gasteiger charge is 2.37. The fourth-order valence-electron chi connectivity index (χ4n) is 3.01. The Balaban J connectivity index is 1.91. The zero-order valence-corrected chi connectivity index (χ0v) is 9.95. The Bertz CT molecular complexity index is 303. The molecule has 0 bridgehead atoms. The number of hydrogen-bond donors (Lipinski definition) is 2. The minimum absolute atomic E-state index is 0.153. The molecule has 2 fully saturated rings. The lowest BCUT2D eigenvalue weighted by molar-refractivity contribution is -0.125. The second-order valence-electron chi connectivity index (χ2n) is 5.05. The van der Waals surface area contributed by atoms with E-state index in [9.17, 15) is 9.59 Å². The molecule has 1 heterocycles. The van der Waals surface area contributed by atoms with Gasteiger partial charge in [-0.2, -0.15) is 0 Å². The molecule has 1 aliphatic heterocycles. The fourth-order valence-corrected chi connectivity index (χ4v) is 3.01. The third-order valence-corrected chi connectivity index (χ3v) is 4.13. The number of imide groups is 1. The van der Waals surface area contributed by atoms with E-state index in [1.807, 2.05) is 0 Å². The lowest BCUT2D eigenvalue weighted by atomic mass is 9.93. The molecule has 2 N–H and O–H groups in total. The Morgan fingerprint density at radius 1 is 1.38 bits per heavy atom. The van der Waals surface area contributed by atoms with Gasteiger partial charge in [0.2, 0.25) is 11.8 Å². The topological polar surface area (TPSA) is 58.2 Å². The summed E-state index contributed by atoms with van der Waals surface area (Å²) in [5.74, 6) is 1.06. The number of carbonyl (C=O) groups is 2. The van der Waals surface area contributed by atoms with E-state index in [-0.39, 0.29) is 17.9 Å². The van der Waals surface area contributed by atoms with Crippen LogP contribution in [0.3, 0.4) is 0 Å². The number of nitrogens with one attached hydrogen (secondary N) is 2. The molecule has 4 heteroatoms. The summed E-state index contributed by atoms with van der Waals surface area (Å²) < 4.78 is 0. The van der Waals surface area contributed by atoms with E-state index in [0.717, 1.165) is 12.3 Å². The Morgan fingerprint density at radius 3 is 2.62 bits per heavy atom. The summed E-state index contributed by atoms with van der Waals surface area (Å²) in [7, 11) is 0. The van der Waals surface area contributed by atoms with Gasteiger partial charge in [0, 0.05) is 6.04 Å². The first kappa shape index (κ1) is 11.6. The maximum Gasteiger partial charge on any atom is 0.244 e. The fraction of sp³-hybridized carbons (Fsp3) is 0.833. The van der Waals surface area contributed by atoms with Crippen molar-refractivity contribution < 1.29 is 9.59 Å². The van der Waals surface area contributed by atoms with Crippen molar-refractivity contribution >= 4 is 11.8 Å². The van der Waals surface area contributed by atoms with Crippen molar-refractivity contribution in [2.24, 2.45) is 11.8 Å². The molecule has 0 radical (unpaired) electrons. The summed E-state index contributed by atoms with van der Waals surface area (Å²) in [6.45, 7) is 4.46. The van der Waals surface area contributed by atoms with E-state index in [2.05, 4.69) is 24.5 Å². The predicted octanol–water partition coefficient (Wildman–Crippen LogP) is 0.816. The van der Waals surface area contributed by atoms with Crippen LogP contribution in [0.1, 0.15) is 39.5 Å². The first-order chi connectivity index (χ1) is 7.61. The van der Waals surface area contributed by atoms with Crippen LogP contribution < -0.4 is 10.6 Å². The lowest BCUT2D eigenvalue weighted by Crippen LogP contribution is -2.44. The van der Waals surface area contributed by atoms with Gasteiger partial charge in [-0.25, -0.2) is 0 Å². The van der Waals surface area contributed by atoms with Crippen LogP contribution in [0.25, 0.3) is 0 Å². The minimum Gasteiger partial charge on any atom is -0.302 e. The minimum atomic E-state index is -0.296. The van der Waals surface area contributed by atoms with Gasteiger partial charge in [-0.05, 0) is 24.7 Å². The van der Waals surface area contributed by atoms with Gasteiger partial charge in [0.1, 0.15) is 0 Å². The normalized spacial score (nSPS) is 39.1. The van der Waals surface area contributed by atoms with E-state index >= 15 is 0 Å². The summed E-state index contributed by atoms with van der Waals surface area (Å²) >= 11 is 0. The molecule has 1 aliphatic carbocycles. The van der Waals surface area contributed by atoms with Crippen LogP contribution in [0.15, 0.2) is 0 Å². The van der Waals surface area contributed by atoms with Crippen molar-refractivity contribution in [3.05, 3.63) is 0 Å². The number of hydrogen-bond acceptors (Lipinski definition) is 3. The molecule has 0 aromatic carbocycles. The average molecular weight is 224 g/mol. The van der Waals surface area contributed by atoms with Crippen LogP contribution in [0.5, 0.6) is 0 Å². The van der Waals surface area contributed by atoms with Crippen LogP contribution >= 0.6 is 0 Å². The molecule has 2 aliphatic rings. The number of rotatable bonds is 3. The van der Waals surface area contributed by atoms with Gasteiger partial charge in [-0.1, -0.05) is 20.3 Å². The maximum absolute atomic E-state index is 11.4. The van der Waals surface area contributed by atoms with E-state index in [0.29, 0.717) is 18.4 Å². The monoisotopic (exact) mass is 224 g/mol. The largest absolute Gasteiger partial charge is 0.302 e. The Kier molecular flexibility index (Phi) is 3.28. The summed E-state index contributed by atoms with van der Waals surface area (Å²) in [5.41, 5.74) is 0. The molecule has 16 heavy (non-hydrogen) atoms. The van der Waals surface area contributed by atoms with E-state index in [1.165, 1.54) is 12.8 Å². The first-order valence-corrected chi connectivity index (χ1v) is 6.21. The van der Waals surface area contributed by atoms with Crippen molar-refractivity contribution in [2.75, 3.05) is 0 Å². The van der Waals surface area contributed by atoms with Gasteiger partial charge in [-0.15, -0.1) is 0 Å². The SMILES string of the molecule is CCC1CCC(NC2CC(=O)NC2=O)C1C. The lowest BCUT2D eigenvalue weighted by Gasteiger charge is -2.23. The summed E-state index contributed by atoms with van der Waals surface area (Å²) in [6, 6.07) is 0.0992. The Labute approximate surface area is 96.2 Å². The zero-order chi connectivity index (χ0) is 11.7. The predicted molar refractivity (Wildman–Crippen MR) is 60.7 cm³/mol. The number of amides is 2. The van der Waals surface area contributed by atoms with E-state index in [1.54, 1.807) is 0 Å². The van der Waals surface area contributed by atoms with Gasteiger partial charge < -0.3 is 5.32 Å². The van der Waals surface area contributed by atoms with Gasteiger partial charge in [-0.3, -0.25) is 14.9 Å². The smallest absolute Gasteiger partial charge is 0.244 e. The molecule has 4 atom stereocenters. The average Bonchev–Trinajstić information content (AvgIpc) is 2.73. The molecule has 4 nitrogen and oxygen atoms in total. The molecule has 0 aromatic heterocycles. The van der Waals surface area contributed by atoms with E-state index < -0.39 is 0 Å². The summed E-state index contributed by atoms with van der Waals surface area (Å²) in [4.78, 5) is 22.5. The zero-order valence-electron chi connectivity index (χ0n) is 9.95. The molecule has 1 saturated heterocycles. The van der Waals surface area contributed by atoms with Gasteiger partial charge in [0.15, 0.2) is 0 Å². The molecule has 90 valence electrons. The third kappa shape index (κ3) is 2.12. The molecular weight excluding hydrogens is 204 g/mol. The van der Waals surface area contributed by atoms with E-state index in [4.69, 9.17) is 0 Å². The second kappa shape index (κ2) is 4.53. The van der Waals surface area contributed by atoms with Crippen LogP contribution in [0, 0.1) is 11.8 Å². The molecule has 0 spiro atoms. The standard InChI is InChI=1S/C12H20N2O2/c1-3-8-4-5-9(7(8)2)13-10-6-11(15)14-12(10)16/h7-10,13H,3-6H2,1-2H3,(H,14,15,16). The van der Waals surface area contributed by atoms with Crippen LogP contribution in [-0.4, -0.2) is 23.9 Å². The van der Waals surface area contributed by atoms with Gasteiger partial charge in [0.05, 0.1) is 12.5 Å². The van der Waals surface area contributed by atoms with Crippen molar-refractivity contribution in [1.82, 2.24) is 10.6 Å². The quantitative estimate of drug-likeness (QED) is 0.698. The highest BCUT2D eigenvalue weighted by Crippen LogP contribution is 2.34. The van der Waals surface area contributed by atoms with Gasteiger partial charge in [0.25, 0.3) is 0 Å². The highest BCUT2D eigenvalue weighted by atomic mass is 16.2. The van der Waals surface area contributed by atoms with Gasteiger partial charge >= 0.3 is 0 Å². The summed E-state index contributed by atoms with van der Waals surface area (Å²) in [5, 5.41) is 5.68. The van der Waals surface area contributed by atoms with Crippen molar-refractivity contribution in [3.8, 4) is 0 Å². The van der Waals surface area contributed by atoms with Crippen LogP contribution in [0.2, 0.25) is 0 Å². The number of carbonyl (C=O) groups excluding carboxylic acids is 2. The van der Waals surface area contributed by atoms with Crippen LogP contribution in [-0.2, 0) is 9.59 Å². The van der Waals surface area contributed by atoms with Crippen molar-refractivity contribution in [3.63, 3.8) is 0 Å². The molecule has 2 amide bonds. The third-order valence-electron chi connectivity index (χ3n) is 4.13. The van der Waals surface area contributed by atoms with Crippen LogP contribution in [0.4, 0.5) is 0 Å². The first-order valence-electron chi connectivity index (χ1n) is 6.21. The highest BCUT2D eigenvalue weighted by molar-refractivity contribution is 6.05. The Hall–Kier alpha value is -0.900. The summed E-state index contributed by atoms with van der Waals surface area (Å²) in [6.07, 6.45) is 3.86. The molecule has 4 unspecified atom stereocenters. The molecule has 1 saturated carbocycles. The molecule has 0 aromatic rings.